The van der Waals surface area contributed by atoms with Crippen molar-refractivity contribution in [1.29, 1.82) is 0 Å². The summed E-state index contributed by atoms with van der Waals surface area (Å²) in [6, 6.07) is 22.9. The second kappa shape index (κ2) is 11.6. The smallest absolute Gasteiger partial charge is 0.152 e. The van der Waals surface area contributed by atoms with E-state index in [0.717, 1.165) is 68.1 Å². The number of rotatable bonds is 9. The van der Waals surface area contributed by atoms with Crippen LogP contribution < -0.4 is 4.74 Å². The minimum Gasteiger partial charge on any atom is -0.491 e. The van der Waals surface area contributed by atoms with E-state index in [2.05, 4.69) is 89.7 Å². The molecule has 0 amide bonds. The lowest BCUT2D eigenvalue weighted by Crippen LogP contribution is -1.98. The van der Waals surface area contributed by atoms with Gasteiger partial charge in [-0.1, -0.05) is 69.4 Å². The van der Waals surface area contributed by atoms with Gasteiger partial charge in [0, 0.05) is 16.6 Å². The van der Waals surface area contributed by atoms with Crippen molar-refractivity contribution in [1.82, 2.24) is 19.9 Å². The van der Waals surface area contributed by atoms with Crippen LogP contribution in [-0.4, -0.2) is 26.5 Å². The summed E-state index contributed by atoms with van der Waals surface area (Å²) in [5.74, 6) is 0.866. The van der Waals surface area contributed by atoms with E-state index in [1.165, 1.54) is 32.1 Å². The monoisotopic (exact) mass is 514 g/mol. The van der Waals surface area contributed by atoms with Crippen LogP contribution >= 0.6 is 0 Å². The number of aromatic amines is 2. The van der Waals surface area contributed by atoms with Crippen molar-refractivity contribution < 1.29 is 4.74 Å². The molecule has 0 saturated heterocycles. The molecule has 1 aromatic carbocycles. The highest BCUT2D eigenvalue weighted by atomic mass is 16.5. The molecule has 0 saturated carbocycles. The van der Waals surface area contributed by atoms with E-state index < -0.39 is 0 Å². The molecule has 39 heavy (non-hydrogen) atoms. The van der Waals surface area contributed by atoms with Crippen LogP contribution in [0.15, 0.2) is 66.7 Å². The molecule has 5 nitrogen and oxygen atoms in total. The maximum atomic E-state index is 6.58. The normalized spacial score (nSPS) is 12.2. The molecule has 5 heterocycles. The zero-order valence-corrected chi connectivity index (χ0v) is 22.4. The lowest BCUT2D eigenvalue weighted by atomic mass is 10.1. The van der Waals surface area contributed by atoms with E-state index in [1.54, 1.807) is 0 Å². The van der Waals surface area contributed by atoms with Crippen LogP contribution in [0.1, 0.15) is 68.2 Å². The molecule has 6 rings (SSSR count). The first-order valence-corrected chi connectivity index (χ1v) is 14.0. The molecule has 0 unspecified atom stereocenters. The third-order valence-electron chi connectivity index (χ3n) is 7.11. The highest BCUT2D eigenvalue weighted by Crippen LogP contribution is 2.39. The van der Waals surface area contributed by atoms with Crippen LogP contribution in [0.3, 0.4) is 0 Å². The zero-order valence-electron chi connectivity index (χ0n) is 22.4. The van der Waals surface area contributed by atoms with Crippen molar-refractivity contribution >= 4 is 46.4 Å². The number of aromatic nitrogens is 4. The molecular weight excluding hydrogens is 480 g/mol. The third kappa shape index (κ3) is 5.88. The Morgan fingerprint density at radius 1 is 0.615 bits per heavy atom. The summed E-state index contributed by atoms with van der Waals surface area (Å²) in [6.45, 7) is 2.93. The van der Waals surface area contributed by atoms with Crippen LogP contribution in [0.5, 0.6) is 5.75 Å². The Hall–Kier alpha value is -4.38. The van der Waals surface area contributed by atoms with Gasteiger partial charge in [0.2, 0.25) is 0 Å². The molecule has 2 aliphatic heterocycles. The van der Waals surface area contributed by atoms with Crippen LogP contribution in [0, 0.1) is 0 Å². The number of H-pyrrole nitrogens is 2. The number of nitrogens with one attached hydrogen (secondary N) is 2. The fraction of sp³-hybridized carbons (Fsp3) is 0.235. The summed E-state index contributed by atoms with van der Waals surface area (Å²) >= 11 is 0. The Morgan fingerprint density at radius 2 is 1.21 bits per heavy atom. The maximum absolute atomic E-state index is 6.58. The third-order valence-corrected chi connectivity index (χ3v) is 7.11. The summed E-state index contributed by atoms with van der Waals surface area (Å²) in [5.41, 5.74) is 9.67. The molecule has 0 radical (unpaired) electrons. The van der Waals surface area contributed by atoms with Crippen molar-refractivity contribution in [2.75, 3.05) is 6.61 Å². The van der Waals surface area contributed by atoms with E-state index in [9.17, 15) is 0 Å². The minimum absolute atomic E-state index is 0.681. The molecule has 8 bridgehead atoms. The predicted molar refractivity (Wildman–Crippen MR) is 163 cm³/mol. The average Bonchev–Trinajstić information content (AvgIpc) is 3.74. The van der Waals surface area contributed by atoms with Crippen molar-refractivity contribution in [3.63, 3.8) is 0 Å². The lowest BCUT2D eigenvalue weighted by Gasteiger charge is -2.09. The SMILES string of the molecule is CCCCCCCCOc1c(-c2ccccc2)c2cc3nc(cc4ccc(cc5nc(cc1[nH]2)C=C5)[nH]4)C=C3. The molecule has 2 N–H and O–H groups in total. The summed E-state index contributed by atoms with van der Waals surface area (Å²) in [4.78, 5) is 16.8. The molecule has 0 fully saturated rings. The lowest BCUT2D eigenvalue weighted by molar-refractivity contribution is 0.309. The highest BCUT2D eigenvalue weighted by molar-refractivity contribution is 5.94. The first-order chi connectivity index (χ1) is 19.2. The van der Waals surface area contributed by atoms with Gasteiger partial charge in [-0.3, -0.25) is 0 Å². The van der Waals surface area contributed by atoms with E-state index in [4.69, 9.17) is 14.7 Å². The Kier molecular flexibility index (Phi) is 7.39. The van der Waals surface area contributed by atoms with Crippen molar-refractivity contribution in [3.05, 3.63) is 89.5 Å². The molecule has 2 aliphatic rings. The van der Waals surface area contributed by atoms with E-state index in [1.807, 2.05) is 18.2 Å². The number of nitrogens with zero attached hydrogens (tertiary/aromatic N) is 2. The van der Waals surface area contributed by atoms with Crippen LogP contribution in [0.2, 0.25) is 0 Å². The van der Waals surface area contributed by atoms with Gasteiger partial charge in [-0.2, -0.15) is 0 Å². The average molecular weight is 515 g/mol. The van der Waals surface area contributed by atoms with Gasteiger partial charge in [-0.05, 0) is 72.7 Å². The molecule has 5 heteroatoms. The van der Waals surface area contributed by atoms with Crippen molar-refractivity contribution in [2.45, 2.75) is 45.4 Å². The van der Waals surface area contributed by atoms with Gasteiger partial charge >= 0.3 is 0 Å². The Bertz CT molecular complexity index is 1670. The quantitative estimate of drug-likeness (QED) is 0.189. The predicted octanol–water partition coefficient (Wildman–Crippen LogP) is 9.06. The summed E-state index contributed by atoms with van der Waals surface area (Å²) in [6.07, 6.45) is 15.5. The van der Waals surface area contributed by atoms with Crippen molar-refractivity contribution in [2.24, 2.45) is 0 Å². The minimum atomic E-state index is 0.681. The molecular formula is C34H34N4O. The van der Waals surface area contributed by atoms with Gasteiger partial charge in [-0.25, -0.2) is 9.97 Å². The molecule has 196 valence electrons. The van der Waals surface area contributed by atoms with Crippen LogP contribution in [0.25, 0.3) is 57.5 Å². The standard InChI is InChI=1S/C34H34N4O/c1-2-3-4-5-6-10-19-39-34-32-23-30-18-16-28(37-30)21-26-14-13-25(35-26)20-27-15-17-29(36-27)22-31(38-32)33(34)24-11-8-7-9-12-24/h7-9,11-18,20-23,35,38H,2-6,10,19H2,1H3. The van der Waals surface area contributed by atoms with E-state index >= 15 is 0 Å². The Morgan fingerprint density at radius 3 is 1.87 bits per heavy atom. The number of hydrogen-bond donors (Lipinski definition) is 2. The number of unbranched alkanes of at least 4 members (excludes halogenated alkanes) is 5. The number of ether oxygens (including phenoxy) is 1. The first-order valence-electron chi connectivity index (χ1n) is 14.0. The van der Waals surface area contributed by atoms with Gasteiger partial charge in [0.05, 0.1) is 40.4 Å². The Labute approximate surface area is 229 Å². The largest absolute Gasteiger partial charge is 0.491 e. The second-order valence-electron chi connectivity index (χ2n) is 10.2. The first kappa shape index (κ1) is 24.9. The molecule has 4 aromatic rings. The molecule has 0 atom stereocenters. The molecule has 0 aliphatic carbocycles. The van der Waals surface area contributed by atoms with Crippen molar-refractivity contribution in [3.8, 4) is 16.9 Å². The van der Waals surface area contributed by atoms with E-state index in [0.29, 0.717) is 6.61 Å². The Balaban J connectivity index is 1.51. The van der Waals surface area contributed by atoms with Crippen LogP contribution in [0.4, 0.5) is 0 Å². The number of hydrogen-bond acceptors (Lipinski definition) is 3. The number of fused-ring (bicyclic) bond motifs is 8. The zero-order chi connectivity index (χ0) is 26.4. The van der Waals surface area contributed by atoms with E-state index in [-0.39, 0.29) is 0 Å². The fourth-order valence-corrected chi connectivity index (χ4v) is 5.15. The summed E-state index contributed by atoms with van der Waals surface area (Å²) in [5, 5.41) is 0. The highest BCUT2D eigenvalue weighted by Gasteiger charge is 2.16. The van der Waals surface area contributed by atoms with Gasteiger partial charge < -0.3 is 14.7 Å². The maximum Gasteiger partial charge on any atom is 0.152 e. The van der Waals surface area contributed by atoms with Gasteiger partial charge in [0.1, 0.15) is 0 Å². The van der Waals surface area contributed by atoms with Gasteiger partial charge in [-0.15, -0.1) is 0 Å². The fourth-order valence-electron chi connectivity index (χ4n) is 5.15. The molecule has 0 spiro atoms. The van der Waals surface area contributed by atoms with Gasteiger partial charge in [0.25, 0.3) is 0 Å². The van der Waals surface area contributed by atoms with Crippen LogP contribution in [-0.2, 0) is 0 Å². The topological polar surface area (TPSA) is 66.6 Å². The second-order valence-corrected chi connectivity index (χ2v) is 10.2. The number of benzene rings is 1. The summed E-state index contributed by atoms with van der Waals surface area (Å²) < 4.78 is 6.58. The van der Waals surface area contributed by atoms with Gasteiger partial charge in [0.15, 0.2) is 5.75 Å². The molecule has 3 aromatic heterocycles. The summed E-state index contributed by atoms with van der Waals surface area (Å²) in [7, 11) is 0.